The first-order chi connectivity index (χ1) is 5.14. The molecule has 1 aliphatic rings. The smallest absolute Gasteiger partial charge is 0.207 e. The molecule has 0 aromatic carbocycles. The van der Waals surface area contributed by atoms with E-state index >= 15 is 0 Å². The van der Waals surface area contributed by atoms with E-state index in [2.05, 4.69) is 5.92 Å². The quantitative estimate of drug-likeness (QED) is 0.515. The summed E-state index contributed by atoms with van der Waals surface area (Å²) >= 11 is 0. The molecule has 0 N–H and O–H groups in total. The molecule has 0 atom stereocenters. The van der Waals surface area contributed by atoms with Gasteiger partial charge in [0.25, 0.3) is 0 Å². The van der Waals surface area contributed by atoms with Crippen LogP contribution in [-0.4, -0.2) is 5.92 Å². The van der Waals surface area contributed by atoms with Crippen molar-refractivity contribution in [3.8, 4) is 12.3 Å². The second kappa shape index (κ2) is 3.21. The minimum absolute atomic E-state index is 0.0271. The van der Waals surface area contributed by atoms with Crippen LogP contribution in [0, 0.1) is 18.3 Å². The third-order valence-corrected chi connectivity index (χ3v) is 2.24. The topological polar surface area (TPSA) is 0 Å². The van der Waals surface area contributed by atoms with Crippen LogP contribution in [0.2, 0.25) is 0 Å². The number of halogens is 2. The summed E-state index contributed by atoms with van der Waals surface area (Å²) in [6, 6.07) is 0. The molecule has 0 spiro atoms. The highest BCUT2D eigenvalue weighted by Gasteiger charge is 2.34. The number of hydrogen-bond donors (Lipinski definition) is 0. The molecule has 1 rings (SSSR count). The molecule has 11 heavy (non-hydrogen) atoms. The molecule has 1 aliphatic carbocycles. The zero-order valence-electron chi connectivity index (χ0n) is 6.45. The lowest BCUT2D eigenvalue weighted by atomic mass is 9.85. The fourth-order valence-corrected chi connectivity index (χ4v) is 1.47. The normalized spacial score (nSPS) is 24.5. The lowest BCUT2D eigenvalue weighted by molar-refractivity contribution is -0.0451. The molecule has 0 aromatic heterocycles. The molecule has 0 saturated heterocycles. The first-order valence-corrected chi connectivity index (χ1v) is 3.95. The molecule has 0 heterocycles. The Balaban J connectivity index is 2.32. The van der Waals surface area contributed by atoms with Crippen LogP contribution in [0.1, 0.15) is 32.1 Å². The Hall–Kier alpha value is -0.580. The van der Waals surface area contributed by atoms with Gasteiger partial charge in [-0.2, -0.15) is 0 Å². The van der Waals surface area contributed by atoms with E-state index in [0.717, 1.165) is 0 Å². The van der Waals surface area contributed by atoms with Crippen LogP contribution in [0.15, 0.2) is 0 Å². The van der Waals surface area contributed by atoms with Gasteiger partial charge in [0, 0.05) is 19.3 Å². The van der Waals surface area contributed by atoms with Crippen molar-refractivity contribution >= 4 is 0 Å². The van der Waals surface area contributed by atoms with E-state index in [-0.39, 0.29) is 12.8 Å². The molecule has 0 radical (unpaired) electrons. The molecular formula is C9H12F2. The molecule has 2 heteroatoms. The summed E-state index contributed by atoms with van der Waals surface area (Å²) in [6.45, 7) is 0. The van der Waals surface area contributed by atoms with Crippen LogP contribution >= 0.6 is 0 Å². The zero-order valence-corrected chi connectivity index (χ0v) is 6.45. The van der Waals surface area contributed by atoms with E-state index in [9.17, 15) is 8.78 Å². The third-order valence-electron chi connectivity index (χ3n) is 2.24. The van der Waals surface area contributed by atoms with Crippen molar-refractivity contribution in [2.45, 2.75) is 38.0 Å². The molecule has 0 aliphatic heterocycles. The highest BCUT2D eigenvalue weighted by molar-refractivity contribution is 4.89. The van der Waals surface area contributed by atoms with Gasteiger partial charge in [-0.1, -0.05) is 0 Å². The second-order valence-electron chi connectivity index (χ2n) is 3.21. The van der Waals surface area contributed by atoms with Gasteiger partial charge in [-0.15, -0.1) is 12.3 Å². The van der Waals surface area contributed by atoms with Gasteiger partial charge in [0.1, 0.15) is 0 Å². The standard InChI is InChI=1S/C9H12F2/c1-2-3-8-4-6-9(10,11)7-5-8/h1,8H,3-7H2. The van der Waals surface area contributed by atoms with Gasteiger partial charge >= 0.3 is 0 Å². The maximum absolute atomic E-state index is 12.6. The van der Waals surface area contributed by atoms with E-state index in [1.54, 1.807) is 0 Å². The predicted molar refractivity (Wildman–Crippen MR) is 40.4 cm³/mol. The van der Waals surface area contributed by atoms with Gasteiger partial charge in [0.15, 0.2) is 0 Å². The van der Waals surface area contributed by atoms with Crippen LogP contribution in [0.4, 0.5) is 8.78 Å². The molecule has 62 valence electrons. The number of rotatable bonds is 1. The summed E-state index contributed by atoms with van der Waals surface area (Å²) in [4.78, 5) is 0. The lowest BCUT2D eigenvalue weighted by Crippen LogP contribution is -2.24. The molecule has 0 aromatic rings. The van der Waals surface area contributed by atoms with Gasteiger partial charge < -0.3 is 0 Å². The maximum atomic E-state index is 12.6. The first kappa shape index (κ1) is 8.52. The van der Waals surface area contributed by atoms with Crippen LogP contribution in [0.3, 0.4) is 0 Å². The van der Waals surface area contributed by atoms with Crippen LogP contribution in [0.5, 0.6) is 0 Å². The summed E-state index contributed by atoms with van der Waals surface area (Å²) in [6.07, 6.45) is 7.00. The average molecular weight is 158 g/mol. The Bertz CT molecular complexity index is 157. The van der Waals surface area contributed by atoms with Crippen molar-refractivity contribution in [3.05, 3.63) is 0 Å². The minimum Gasteiger partial charge on any atom is -0.207 e. The van der Waals surface area contributed by atoms with E-state index < -0.39 is 5.92 Å². The predicted octanol–water partition coefficient (Wildman–Crippen LogP) is 2.84. The van der Waals surface area contributed by atoms with Crippen LogP contribution in [0.25, 0.3) is 0 Å². The SMILES string of the molecule is C#CCC1CCC(F)(F)CC1. The first-order valence-electron chi connectivity index (χ1n) is 3.95. The summed E-state index contributed by atoms with van der Waals surface area (Å²) in [7, 11) is 0. The molecule has 0 bridgehead atoms. The zero-order chi connectivity index (χ0) is 8.32. The average Bonchev–Trinajstić information content (AvgIpc) is 1.94. The van der Waals surface area contributed by atoms with Crippen molar-refractivity contribution in [1.82, 2.24) is 0 Å². The molecule has 0 amide bonds. The fraction of sp³-hybridized carbons (Fsp3) is 0.778. The largest absolute Gasteiger partial charge is 0.248 e. The van der Waals surface area contributed by atoms with Crippen molar-refractivity contribution in [1.29, 1.82) is 0 Å². The fourth-order valence-electron chi connectivity index (χ4n) is 1.47. The lowest BCUT2D eigenvalue weighted by Gasteiger charge is -2.26. The number of hydrogen-bond acceptors (Lipinski definition) is 0. The summed E-state index contributed by atoms with van der Waals surface area (Å²) in [5.74, 6) is 0.455. The Morgan fingerprint density at radius 1 is 1.36 bits per heavy atom. The van der Waals surface area contributed by atoms with E-state index in [1.165, 1.54) is 0 Å². The molecule has 0 nitrogen and oxygen atoms in total. The maximum Gasteiger partial charge on any atom is 0.248 e. The minimum atomic E-state index is -2.41. The molecule has 1 fully saturated rings. The molecule has 1 saturated carbocycles. The van der Waals surface area contributed by atoms with E-state index in [1.807, 2.05) is 0 Å². The van der Waals surface area contributed by atoms with Crippen LogP contribution in [-0.2, 0) is 0 Å². The Morgan fingerprint density at radius 3 is 2.36 bits per heavy atom. The van der Waals surface area contributed by atoms with Gasteiger partial charge in [-0.05, 0) is 18.8 Å². The van der Waals surface area contributed by atoms with Crippen molar-refractivity contribution in [2.24, 2.45) is 5.92 Å². The number of alkyl halides is 2. The van der Waals surface area contributed by atoms with Crippen molar-refractivity contribution < 1.29 is 8.78 Å². The Labute approximate surface area is 66.0 Å². The Kier molecular flexibility index (Phi) is 2.49. The van der Waals surface area contributed by atoms with E-state index in [0.29, 0.717) is 25.2 Å². The highest BCUT2D eigenvalue weighted by Crippen LogP contribution is 2.36. The summed E-state index contributed by atoms with van der Waals surface area (Å²) in [5, 5.41) is 0. The van der Waals surface area contributed by atoms with Crippen molar-refractivity contribution in [2.75, 3.05) is 0 Å². The van der Waals surface area contributed by atoms with Gasteiger partial charge in [0.05, 0.1) is 0 Å². The van der Waals surface area contributed by atoms with Gasteiger partial charge in [0.2, 0.25) is 5.92 Å². The number of terminal acetylenes is 1. The second-order valence-corrected chi connectivity index (χ2v) is 3.21. The summed E-state index contributed by atoms with van der Waals surface area (Å²) in [5.41, 5.74) is 0. The highest BCUT2D eigenvalue weighted by atomic mass is 19.3. The monoisotopic (exact) mass is 158 g/mol. The molecular weight excluding hydrogens is 146 g/mol. The van der Waals surface area contributed by atoms with Gasteiger partial charge in [-0.25, -0.2) is 8.78 Å². The van der Waals surface area contributed by atoms with Crippen molar-refractivity contribution in [3.63, 3.8) is 0 Å². The summed E-state index contributed by atoms with van der Waals surface area (Å²) < 4.78 is 25.1. The third kappa shape index (κ3) is 2.49. The Morgan fingerprint density at radius 2 is 1.91 bits per heavy atom. The van der Waals surface area contributed by atoms with E-state index in [4.69, 9.17) is 6.42 Å². The van der Waals surface area contributed by atoms with Gasteiger partial charge in [-0.3, -0.25) is 0 Å². The van der Waals surface area contributed by atoms with Crippen LogP contribution < -0.4 is 0 Å². The molecule has 0 unspecified atom stereocenters.